The SMILES string of the molecule is COC(=O)N1CC2CCNCC2C1(C)C. The number of carbonyl (C=O) groups excluding carboxylic acids is 1. The first kappa shape index (κ1) is 10.7. The summed E-state index contributed by atoms with van der Waals surface area (Å²) < 4.78 is 4.84. The van der Waals surface area contributed by atoms with Gasteiger partial charge >= 0.3 is 6.09 Å². The van der Waals surface area contributed by atoms with Crippen molar-refractivity contribution in [2.75, 3.05) is 26.7 Å². The molecule has 2 unspecified atom stereocenters. The number of ether oxygens (including phenoxy) is 1. The van der Waals surface area contributed by atoms with Gasteiger partial charge in [0.05, 0.1) is 7.11 Å². The number of likely N-dealkylation sites (tertiary alicyclic amines) is 1. The maximum Gasteiger partial charge on any atom is 0.409 e. The van der Waals surface area contributed by atoms with Crippen molar-refractivity contribution >= 4 is 6.09 Å². The van der Waals surface area contributed by atoms with Crippen molar-refractivity contribution in [3.8, 4) is 0 Å². The Balaban J connectivity index is 2.18. The first-order valence-corrected chi connectivity index (χ1v) is 5.63. The highest BCUT2D eigenvalue weighted by Crippen LogP contribution is 2.41. The molecule has 2 saturated heterocycles. The van der Waals surface area contributed by atoms with E-state index in [-0.39, 0.29) is 11.6 Å². The molecular formula is C11H20N2O2. The van der Waals surface area contributed by atoms with Gasteiger partial charge in [0.1, 0.15) is 0 Å². The molecule has 0 spiro atoms. The molecule has 1 amide bonds. The molecule has 2 heterocycles. The van der Waals surface area contributed by atoms with Gasteiger partial charge < -0.3 is 15.0 Å². The molecule has 0 aromatic rings. The van der Waals surface area contributed by atoms with Crippen LogP contribution in [0.5, 0.6) is 0 Å². The second-order valence-corrected chi connectivity index (χ2v) is 5.09. The summed E-state index contributed by atoms with van der Waals surface area (Å²) in [7, 11) is 1.46. The zero-order chi connectivity index (χ0) is 11.1. The van der Waals surface area contributed by atoms with E-state index in [2.05, 4.69) is 19.2 Å². The summed E-state index contributed by atoms with van der Waals surface area (Å²) in [5.41, 5.74) is -0.0782. The average molecular weight is 212 g/mol. The Kier molecular flexibility index (Phi) is 2.63. The number of piperidine rings is 1. The molecule has 0 aromatic carbocycles. The summed E-state index contributed by atoms with van der Waals surface area (Å²) in [6.07, 6.45) is 0.983. The Labute approximate surface area is 91.0 Å². The zero-order valence-corrected chi connectivity index (χ0v) is 9.75. The van der Waals surface area contributed by atoms with E-state index in [0.29, 0.717) is 11.8 Å². The Morgan fingerprint density at radius 2 is 2.27 bits per heavy atom. The van der Waals surface area contributed by atoms with E-state index < -0.39 is 0 Å². The first-order valence-electron chi connectivity index (χ1n) is 5.63. The fraction of sp³-hybridized carbons (Fsp3) is 0.909. The molecular weight excluding hydrogens is 192 g/mol. The summed E-state index contributed by atoms with van der Waals surface area (Å²) in [5.74, 6) is 1.20. The normalized spacial score (nSPS) is 33.7. The summed E-state index contributed by atoms with van der Waals surface area (Å²) in [6.45, 7) is 7.23. The number of hydrogen-bond acceptors (Lipinski definition) is 3. The largest absolute Gasteiger partial charge is 0.453 e. The van der Waals surface area contributed by atoms with Crippen LogP contribution >= 0.6 is 0 Å². The third-order valence-corrected chi connectivity index (χ3v) is 4.04. The van der Waals surface area contributed by atoms with Crippen molar-refractivity contribution in [2.24, 2.45) is 11.8 Å². The summed E-state index contributed by atoms with van der Waals surface area (Å²) in [4.78, 5) is 13.5. The zero-order valence-electron chi connectivity index (χ0n) is 9.75. The number of methoxy groups -OCH3 is 1. The van der Waals surface area contributed by atoms with Crippen LogP contribution in [0.2, 0.25) is 0 Å². The average Bonchev–Trinajstić information content (AvgIpc) is 2.51. The van der Waals surface area contributed by atoms with Crippen LogP contribution in [0, 0.1) is 11.8 Å². The second kappa shape index (κ2) is 3.67. The molecule has 0 bridgehead atoms. The van der Waals surface area contributed by atoms with Crippen LogP contribution in [0.1, 0.15) is 20.3 Å². The van der Waals surface area contributed by atoms with E-state index in [9.17, 15) is 4.79 Å². The fourth-order valence-electron chi connectivity index (χ4n) is 3.05. The molecule has 0 radical (unpaired) electrons. The second-order valence-electron chi connectivity index (χ2n) is 5.09. The summed E-state index contributed by atoms with van der Waals surface area (Å²) in [5, 5.41) is 3.41. The maximum absolute atomic E-state index is 11.7. The minimum atomic E-state index is -0.186. The lowest BCUT2D eigenvalue weighted by Gasteiger charge is -2.37. The minimum absolute atomic E-state index is 0.0782. The van der Waals surface area contributed by atoms with Crippen LogP contribution in [0.4, 0.5) is 4.79 Å². The molecule has 0 saturated carbocycles. The lowest BCUT2D eigenvalue weighted by atomic mass is 9.79. The molecule has 2 rings (SSSR count). The van der Waals surface area contributed by atoms with Gasteiger partial charge in [-0.2, -0.15) is 0 Å². The number of carbonyl (C=O) groups is 1. The Hall–Kier alpha value is -0.770. The number of rotatable bonds is 0. The first-order chi connectivity index (χ1) is 7.07. The maximum atomic E-state index is 11.7. The predicted octanol–water partition coefficient (Wildman–Crippen LogP) is 1.07. The van der Waals surface area contributed by atoms with Gasteiger partial charge in [0.2, 0.25) is 0 Å². The van der Waals surface area contributed by atoms with E-state index >= 15 is 0 Å². The standard InChI is InChI=1S/C11H20N2O2/c1-11(2)9-6-12-5-4-8(9)7-13(11)10(14)15-3/h8-9,12H,4-7H2,1-3H3. The van der Waals surface area contributed by atoms with Gasteiger partial charge in [0.15, 0.2) is 0 Å². The van der Waals surface area contributed by atoms with Crippen molar-refractivity contribution in [3.63, 3.8) is 0 Å². The molecule has 4 nitrogen and oxygen atoms in total. The third-order valence-electron chi connectivity index (χ3n) is 4.04. The monoisotopic (exact) mass is 212 g/mol. The summed E-state index contributed by atoms with van der Waals surface area (Å²) >= 11 is 0. The van der Waals surface area contributed by atoms with Crippen LogP contribution in [0.15, 0.2) is 0 Å². The van der Waals surface area contributed by atoms with Gasteiger partial charge in [-0.3, -0.25) is 0 Å². The molecule has 0 aliphatic carbocycles. The fourth-order valence-corrected chi connectivity index (χ4v) is 3.05. The van der Waals surface area contributed by atoms with Crippen molar-refractivity contribution in [3.05, 3.63) is 0 Å². The van der Waals surface area contributed by atoms with Crippen molar-refractivity contribution in [2.45, 2.75) is 25.8 Å². The number of amides is 1. The Morgan fingerprint density at radius 3 is 2.87 bits per heavy atom. The molecule has 2 fully saturated rings. The molecule has 4 heteroatoms. The molecule has 2 atom stereocenters. The van der Waals surface area contributed by atoms with Gasteiger partial charge in [-0.25, -0.2) is 4.79 Å². The Bertz CT molecular complexity index is 265. The van der Waals surface area contributed by atoms with Crippen LogP contribution in [-0.2, 0) is 4.74 Å². The van der Waals surface area contributed by atoms with Crippen LogP contribution in [0.25, 0.3) is 0 Å². The number of hydrogen-bond donors (Lipinski definition) is 1. The van der Waals surface area contributed by atoms with Crippen molar-refractivity contribution in [1.82, 2.24) is 10.2 Å². The van der Waals surface area contributed by atoms with Crippen LogP contribution < -0.4 is 5.32 Å². The summed E-state index contributed by atoms with van der Waals surface area (Å²) in [6, 6.07) is 0. The quantitative estimate of drug-likeness (QED) is 0.653. The number of nitrogens with one attached hydrogen (secondary N) is 1. The topological polar surface area (TPSA) is 41.6 Å². The lowest BCUT2D eigenvalue weighted by molar-refractivity contribution is 0.0858. The van der Waals surface area contributed by atoms with Crippen LogP contribution in [-0.4, -0.2) is 43.3 Å². The highest BCUT2D eigenvalue weighted by atomic mass is 16.5. The molecule has 2 aliphatic rings. The van der Waals surface area contributed by atoms with Gasteiger partial charge in [-0.05, 0) is 38.6 Å². The minimum Gasteiger partial charge on any atom is -0.453 e. The number of nitrogens with zero attached hydrogens (tertiary/aromatic N) is 1. The van der Waals surface area contributed by atoms with E-state index in [1.807, 2.05) is 4.90 Å². The van der Waals surface area contributed by atoms with Gasteiger partial charge in [-0.1, -0.05) is 0 Å². The van der Waals surface area contributed by atoms with E-state index in [0.717, 1.165) is 19.6 Å². The number of fused-ring (bicyclic) bond motifs is 1. The van der Waals surface area contributed by atoms with Gasteiger partial charge in [-0.15, -0.1) is 0 Å². The van der Waals surface area contributed by atoms with Crippen molar-refractivity contribution in [1.29, 1.82) is 0 Å². The van der Waals surface area contributed by atoms with Gasteiger partial charge in [0, 0.05) is 18.6 Å². The molecule has 1 N–H and O–H groups in total. The van der Waals surface area contributed by atoms with Crippen molar-refractivity contribution < 1.29 is 9.53 Å². The highest BCUT2D eigenvalue weighted by Gasteiger charge is 2.50. The smallest absolute Gasteiger partial charge is 0.409 e. The molecule has 2 aliphatic heterocycles. The Morgan fingerprint density at radius 1 is 1.53 bits per heavy atom. The molecule has 86 valence electrons. The molecule has 15 heavy (non-hydrogen) atoms. The van der Waals surface area contributed by atoms with E-state index in [4.69, 9.17) is 4.74 Å². The van der Waals surface area contributed by atoms with Gasteiger partial charge in [0.25, 0.3) is 0 Å². The van der Waals surface area contributed by atoms with E-state index in [1.54, 1.807) is 0 Å². The van der Waals surface area contributed by atoms with E-state index in [1.165, 1.54) is 13.5 Å². The predicted molar refractivity (Wildman–Crippen MR) is 57.7 cm³/mol. The van der Waals surface area contributed by atoms with Crippen LogP contribution in [0.3, 0.4) is 0 Å². The molecule has 0 aromatic heterocycles. The lowest BCUT2D eigenvalue weighted by Crippen LogP contribution is -2.49. The third kappa shape index (κ3) is 1.61. The highest BCUT2D eigenvalue weighted by molar-refractivity contribution is 5.69.